The first kappa shape index (κ1) is 45.0. The molecule has 2 saturated carbocycles. The Morgan fingerprint density at radius 3 is 2.32 bits per heavy atom. The van der Waals surface area contributed by atoms with Gasteiger partial charge in [-0.25, -0.2) is 13.4 Å². The van der Waals surface area contributed by atoms with E-state index >= 15 is 0 Å². The number of hydrogen-bond donors (Lipinski definition) is 1. The highest BCUT2D eigenvalue weighted by atomic mass is 32.2. The maximum Gasteiger partial charge on any atom is 0.391 e. The van der Waals surface area contributed by atoms with Crippen LogP contribution in [0.4, 0.5) is 13.2 Å². The molecular formula is C45H54F3N5O8S. The lowest BCUT2D eigenvalue weighted by atomic mass is 9.77. The van der Waals surface area contributed by atoms with Crippen molar-refractivity contribution >= 4 is 44.4 Å². The fraction of sp³-hybridized carbons (Fsp3) is 0.556. The number of allylic oxidation sites excluding steroid dienone is 1. The molecule has 13 nitrogen and oxygen atoms in total. The summed E-state index contributed by atoms with van der Waals surface area (Å²) >= 11 is 0. The number of carbonyl (C=O) groups excluding carboxylic acids is 4. The van der Waals surface area contributed by atoms with Crippen molar-refractivity contribution in [3.05, 3.63) is 60.8 Å². The summed E-state index contributed by atoms with van der Waals surface area (Å²) < 4.78 is 80.6. The molecular weight excluding hydrogens is 828 g/mol. The Hall–Kier alpha value is -5.06. The van der Waals surface area contributed by atoms with E-state index in [0.717, 1.165) is 5.56 Å². The number of nitrogens with one attached hydrogen (secondary N) is 1. The third kappa shape index (κ3) is 9.18. The van der Waals surface area contributed by atoms with Gasteiger partial charge in [0.1, 0.15) is 17.6 Å². The normalized spacial score (nSPS) is 23.8. The van der Waals surface area contributed by atoms with Gasteiger partial charge in [0.2, 0.25) is 27.7 Å². The van der Waals surface area contributed by atoms with E-state index in [2.05, 4.69) is 16.3 Å². The largest absolute Gasteiger partial charge is 0.496 e. The van der Waals surface area contributed by atoms with Gasteiger partial charge in [0, 0.05) is 55.6 Å². The van der Waals surface area contributed by atoms with Gasteiger partial charge < -0.3 is 19.3 Å². The SMILES string of the molecule is C=C[C@@H]1CC1(CC(=O)[C@@H]1C[C@@H](Oc2cc(-c3ccccn3)nc3c(C)c(OC)ccc23)CN1C(=O)[C@@H](CC(=O)N1CCC(C(F)(F)F)CC1)C(C)(C)C)C(=O)NS(=O)(=O)C1CC1. The highest BCUT2D eigenvalue weighted by Crippen LogP contribution is 2.57. The molecule has 1 aromatic carbocycles. The maximum atomic E-state index is 15.0. The molecule has 7 rings (SSSR count). The Morgan fingerprint density at radius 2 is 1.74 bits per heavy atom. The number of alkyl halides is 3. The lowest BCUT2D eigenvalue weighted by Crippen LogP contribution is -2.50. The number of rotatable bonds is 14. The summed E-state index contributed by atoms with van der Waals surface area (Å²) in [7, 11) is -2.37. The Kier molecular flexibility index (Phi) is 12.3. The number of carbonyl (C=O) groups is 4. The standard InChI is InChI=1S/C45H54F3N5O8S/c1-7-27-23-44(27,42(57)51-62(58,59)30-11-12-30)24-36(54)35-20-29(61-38-22-34(33-10-8-9-17-49-33)50-40-26(2)37(60-6)14-13-31(38)40)25-53(35)41(56)32(43(3,4)5)21-39(55)52-18-15-28(16-19-52)45(46,47)48/h7-10,13-14,17,22,27-30,32,35H,1,11-12,15-16,18-21,23-25H2,2-6H3,(H,51,57)/t27-,29-,32-,35+,44?/m1/s1. The number of pyridine rings is 2. The van der Waals surface area contributed by atoms with Crippen molar-refractivity contribution in [1.29, 1.82) is 0 Å². The summed E-state index contributed by atoms with van der Waals surface area (Å²) in [5.41, 5.74) is 0.203. The number of nitrogens with zero attached hydrogens (tertiary/aromatic N) is 4. The number of hydrogen-bond acceptors (Lipinski definition) is 10. The predicted octanol–water partition coefficient (Wildman–Crippen LogP) is 6.58. The number of aryl methyl sites for hydroxylation is 1. The Morgan fingerprint density at radius 1 is 1.03 bits per heavy atom. The molecule has 0 radical (unpaired) electrons. The molecule has 2 aliphatic heterocycles. The number of piperidine rings is 1. The number of fused-ring (bicyclic) bond motifs is 1. The summed E-state index contributed by atoms with van der Waals surface area (Å²) in [6.45, 7) is 10.8. The minimum atomic E-state index is -4.36. The van der Waals surface area contributed by atoms with Crippen LogP contribution in [0.1, 0.15) is 77.7 Å². The van der Waals surface area contributed by atoms with Gasteiger partial charge in [-0.3, -0.25) is 28.9 Å². The van der Waals surface area contributed by atoms with E-state index in [1.807, 2.05) is 19.1 Å². The van der Waals surface area contributed by atoms with Crippen LogP contribution in [0.25, 0.3) is 22.3 Å². The number of ketones is 1. The number of halogens is 3. The molecule has 4 aliphatic rings. The summed E-state index contributed by atoms with van der Waals surface area (Å²) in [4.78, 5) is 69.3. The number of amides is 3. The average Bonchev–Trinajstić information content (AvgIpc) is 4.16. The van der Waals surface area contributed by atoms with Gasteiger partial charge in [0.25, 0.3) is 0 Å². The second-order valence-corrected chi connectivity index (χ2v) is 20.3. The van der Waals surface area contributed by atoms with Crippen LogP contribution in [0.5, 0.6) is 11.5 Å². The molecule has 3 amide bonds. The number of aromatic nitrogens is 2. The minimum absolute atomic E-state index is 0.00897. The number of likely N-dealkylation sites (tertiary alicyclic amines) is 2. The highest BCUT2D eigenvalue weighted by Gasteiger charge is 2.61. The van der Waals surface area contributed by atoms with E-state index < -0.39 is 85.7 Å². The topological polar surface area (TPSA) is 165 Å². The van der Waals surface area contributed by atoms with E-state index in [4.69, 9.17) is 14.5 Å². The molecule has 4 fully saturated rings. The van der Waals surface area contributed by atoms with Crippen LogP contribution in [-0.4, -0.2) is 102 Å². The minimum Gasteiger partial charge on any atom is -0.496 e. The van der Waals surface area contributed by atoms with Crippen molar-refractivity contribution in [2.75, 3.05) is 26.7 Å². The van der Waals surface area contributed by atoms with E-state index in [1.54, 1.807) is 58.3 Å². The first-order valence-corrected chi connectivity index (χ1v) is 22.6. The third-order valence-corrected chi connectivity index (χ3v) is 14.9. The zero-order valence-corrected chi connectivity index (χ0v) is 36.5. The van der Waals surface area contributed by atoms with E-state index in [1.165, 1.54) is 15.9 Å². The molecule has 3 aromatic rings. The maximum absolute atomic E-state index is 15.0. The van der Waals surface area contributed by atoms with Crippen LogP contribution in [0.3, 0.4) is 0 Å². The van der Waals surface area contributed by atoms with Gasteiger partial charge in [0.15, 0.2) is 5.78 Å². The fourth-order valence-corrected chi connectivity index (χ4v) is 10.4. The smallest absolute Gasteiger partial charge is 0.391 e. The van der Waals surface area contributed by atoms with Gasteiger partial charge in [-0.15, -0.1) is 6.58 Å². The van der Waals surface area contributed by atoms with Crippen molar-refractivity contribution in [2.24, 2.45) is 28.6 Å². The zero-order chi connectivity index (χ0) is 44.9. The van der Waals surface area contributed by atoms with Crippen LogP contribution >= 0.6 is 0 Å². The second kappa shape index (κ2) is 16.9. The van der Waals surface area contributed by atoms with Crippen LogP contribution in [0, 0.1) is 35.5 Å². The van der Waals surface area contributed by atoms with E-state index in [9.17, 15) is 40.8 Å². The van der Waals surface area contributed by atoms with Gasteiger partial charge in [-0.2, -0.15) is 13.2 Å². The summed E-state index contributed by atoms with van der Waals surface area (Å²) in [6.07, 6.45) is -2.01. The molecule has 1 N–H and O–H groups in total. The first-order valence-electron chi connectivity index (χ1n) is 21.1. The van der Waals surface area contributed by atoms with Crippen LogP contribution in [0.15, 0.2) is 55.3 Å². The summed E-state index contributed by atoms with van der Waals surface area (Å²) in [6, 6.07) is 9.64. The molecule has 4 heterocycles. The molecule has 2 aromatic heterocycles. The summed E-state index contributed by atoms with van der Waals surface area (Å²) in [5.74, 6) is -4.18. The van der Waals surface area contributed by atoms with Crippen molar-refractivity contribution in [3.63, 3.8) is 0 Å². The third-order valence-electron chi connectivity index (χ3n) is 13.1. The molecule has 2 aliphatic carbocycles. The van der Waals surface area contributed by atoms with Crippen molar-refractivity contribution in [1.82, 2.24) is 24.5 Å². The Labute approximate surface area is 359 Å². The Bertz CT molecular complexity index is 2360. The molecule has 17 heteroatoms. The quantitative estimate of drug-likeness (QED) is 0.175. The Balaban J connectivity index is 1.21. The first-order chi connectivity index (χ1) is 29.2. The molecule has 2 saturated heterocycles. The molecule has 5 atom stereocenters. The van der Waals surface area contributed by atoms with Crippen molar-refractivity contribution in [3.8, 4) is 22.9 Å². The highest BCUT2D eigenvalue weighted by molar-refractivity contribution is 7.90. The fourth-order valence-electron chi connectivity index (χ4n) is 8.99. The van der Waals surface area contributed by atoms with Crippen LogP contribution in [-0.2, 0) is 29.2 Å². The predicted molar refractivity (Wildman–Crippen MR) is 224 cm³/mol. The van der Waals surface area contributed by atoms with Crippen LogP contribution in [0.2, 0.25) is 0 Å². The van der Waals surface area contributed by atoms with E-state index in [-0.39, 0.29) is 58.2 Å². The number of benzene rings is 1. The second-order valence-electron chi connectivity index (χ2n) is 18.3. The number of sulfonamides is 1. The monoisotopic (exact) mass is 881 g/mol. The van der Waals surface area contributed by atoms with Gasteiger partial charge in [0.05, 0.1) is 59.1 Å². The average molecular weight is 882 g/mol. The molecule has 0 bridgehead atoms. The van der Waals surface area contributed by atoms with Gasteiger partial charge in [-0.05, 0) is 74.6 Å². The van der Waals surface area contributed by atoms with Crippen molar-refractivity contribution in [2.45, 2.75) is 103 Å². The zero-order valence-electron chi connectivity index (χ0n) is 35.7. The number of Topliss-reactive ketones (excluding diaryl/α,β-unsaturated/α-hetero) is 1. The van der Waals surface area contributed by atoms with Gasteiger partial charge in [-0.1, -0.05) is 32.9 Å². The molecule has 62 heavy (non-hydrogen) atoms. The lowest BCUT2D eigenvalue weighted by Gasteiger charge is -2.37. The number of methoxy groups -OCH3 is 1. The molecule has 1 unspecified atom stereocenters. The lowest BCUT2D eigenvalue weighted by molar-refractivity contribution is -0.186. The molecule has 0 spiro atoms. The van der Waals surface area contributed by atoms with Gasteiger partial charge >= 0.3 is 6.18 Å². The number of ether oxygens (including phenoxy) is 2. The van der Waals surface area contributed by atoms with Crippen LogP contribution < -0.4 is 14.2 Å². The molecule has 334 valence electrons. The summed E-state index contributed by atoms with van der Waals surface area (Å²) in [5, 5.41) is -0.0243. The van der Waals surface area contributed by atoms with Crippen molar-refractivity contribution < 1.29 is 50.2 Å². The van der Waals surface area contributed by atoms with E-state index in [0.29, 0.717) is 46.6 Å².